The number of rotatable bonds is 23. The summed E-state index contributed by atoms with van der Waals surface area (Å²) in [5, 5.41) is 26.5. The summed E-state index contributed by atoms with van der Waals surface area (Å²) in [4.78, 5) is 112. The van der Waals surface area contributed by atoms with Crippen LogP contribution in [-0.2, 0) is 49.6 Å². The summed E-state index contributed by atoms with van der Waals surface area (Å²) >= 11 is 0. The zero-order valence-corrected chi connectivity index (χ0v) is 32.4. The Morgan fingerprint density at radius 1 is 0.618 bits per heavy atom. The van der Waals surface area contributed by atoms with Crippen molar-refractivity contribution in [2.24, 2.45) is 23.5 Å². The Morgan fingerprint density at radius 2 is 1.13 bits per heavy atom. The minimum Gasteiger partial charge on any atom is -0.480 e. The molecule has 8 amide bonds. The standard InChI is InChI=1S/C37H56N8O10/c1-20(2)15-25(35(52)44-26(16-21(3)4)36(53)45-32(22(5)6)33(38)50)43-34(51)23(7)41-29(47)14-13-28(46)39-18-30(48)40-19-31(49)42-27(37(54)55)17-24-11-9-8-10-12-24/h8-14,20-23,25-27,32H,15-19H2,1-7H3,(H2,38,50)(H,39,46)(H,40,48)(H,41,47)(H,42,49)(H,43,51)(H,44,52)(H,45,53)(H,54,55). The Labute approximate surface area is 320 Å². The maximum absolute atomic E-state index is 13.4. The van der Waals surface area contributed by atoms with Crippen molar-refractivity contribution >= 4 is 53.2 Å². The molecule has 0 aromatic heterocycles. The molecular formula is C37H56N8O10. The first-order valence-electron chi connectivity index (χ1n) is 18.0. The van der Waals surface area contributed by atoms with Crippen molar-refractivity contribution < 1.29 is 48.3 Å². The molecule has 1 aromatic rings. The van der Waals surface area contributed by atoms with Crippen LogP contribution in [-0.4, -0.2) is 102 Å². The van der Waals surface area contributed by atoms with Crippen molar-refractivity contribution in [3.8, 4) is 0 Å². The molecule has 0 bridgehead atoms. The van der Waals surface area contributed by atoms with Crippen molar-refractivity contribution in [1.29, 1.82) is 0 Å². The summed E-state index contributed by atoms with van der Waals surface area (Å²) in [5.74, 6) is -7.51. The molecule has 0 spiro atoms. The number of hydrogen-bond acceptors (Lipinski definition) is 9. The zero-order valence-electron chi connectivity index (χ0n) is 32.4. The fourth-order valence-corrected chi connectivity index (χ4v) is 5.04. The van der Waals surface area contributed by atoms with Gasteiger partial charge in [0.25, 0.3) is 0 Å². The number of hydrogen-bond donors (Lipinski definition) is 9. The first-order chi connectivity index (χ1) is 25.7. The van der Waals surface area contributed by atoms with Gasteiger partial charge >= 0.3 is 5.97 Å². The highest BCUT2D eigenvalue weighted by Gasteiger charge is 2.31. The highest BCUT2D eigenvalue weighted by Crippen LogP contribution is 2.11. The summed E-state index contributed by atoms with van der Waals surface area (Å²) in [6.07, 6.45) is 2.11. The van der Waals surface area contributed by atoms with E-state index in [0.717, 1.165) is 12.2 Å². The van der Waals surface area contributed by atoms with Gasteiger partial charge in [0.15, 0.2) is 0 Å². The second-order valence-corrected chi connectivity index (χ2v) is 14.2. The van der Waals surface area contributed by atoms with Crippen LogP contribution in [0.5, 0.6) is 0 Å². The number of carbonyl (C=O) groups is 9. The molecule has 304 valence electrons. The van der Waals surface area contributed by atoms with Gasteiger partial charge in [0.1, 0.15) is 30.2 Å². The van der Waals surface area contributed by atoms with Gasteiger partial charge in [-0.05, 0) is 43.1 Å². The van der Waals surface area contributed by atoms with Gasteiger partial charge in [0.05, 0.1) is 13.1 Å². The summed E-state index contributed by atoms with van der Waals surface area (Å²) in [7, 11) is 0. The summed E-state index contributed by atoms with van der Waals surface area (Å²) < 4.78 is 0. The van der Waals surface area contributed by atoms with Gasteiger partial charge in [-0.15, -0.1) is 0 Å². The summed E-state index contributed by atoms with van der Waals surface area (Å²) in [6, 6.07) is 3.20. The van der Waals surface area contributed by atoms with E-state index in [2.05, 4.69) is 37.2 Å². The van der Waals surface area contributed by atoms with Crippen LogP contribution in [0.4, 0.5) is 0 Å². The van der Waals surface area contributed by atoms with Gasteiger partial charge in [-0.25, -0.2) is 4.79 Å². The van der Waals surface area contributed by atoms with E-state index in [9.17, 15) is 48.3 Å². The molecule has 0 aliphatic carbocycles. The molecule has 1 rings (SSSR count). The van der Waals surface area contributed by atoms with Crippen LogP contribution in [0.15, 0.2) is 42.5 Å². The smallest absolute Gasteiger partial charge is 0.326 e. The number of carboxylic acids is 1. The van der Waals surface area contributed by atoms with Gasteiger partial charge in [0.2, 0.25) is 47.3 Å². The molecule has 0 radical (unpaired) electrons. The van der Waals surface area contributed by atoms with Crippen LogP contribution in [0.1, 0.15) is 66.9 Å². The number of carboxylic acid groups (broad SMARTS) is 1. The Morgan fingerprint density at radius 3 is 1.64 bits per heavy atom. The minimum absolute atomic E-state index is 0.0214. The third-order valence-corrected chi connectivity index (χ3v) is 7.87. The van der Waals surface area contributed by atoms with Gasteiger partial charge in [0, 0.05) is 18.6 Å². The lowest BCUT2D eigenvalue weighted by Gasteiger charge is -2.27. The van der Waals surface area contributed by atoms with Crippen LogP contribution in [0.25, 0.3) is 0 Å². The molecule has 0 saturated heterocycles. The van der Waals surface area contributed by atoms with E-state index in [-0.39, 0.29) is 37.0 Å². The molecule has 0 heterocycles. The van der Waals surface area contributed by atoms with E-state index in [1.54, 1.807) is 44.2 Å². The van der Waals surface area contributed by atoms with Crippen LogP contribution >= 0.6 is 0 Å². The number of nitrogens with two attached hydrogens (primary N) is 1. The Hall–Kier alpha value is -5.81. The third-order valence-electron chi connectivity index (χ3n) is 7.87. The fourth-order valence-electron chi connectivity index (χ4n) is 5.04. The fraction of sp³-hybridized carbons (Fsp3) is 0.541. The number of benzene rings is 1. The normalized spacial score (nSPS) is 13.9. The summed E-state index contributed by atoms with van der Waals surface area (Å²) in [6.45, 7) is 11.0. The van der Waals surface area contributed by atoms with E-state index in [1.807, 2.05) is 27.7 Å². The lowest BCUT2D eigenvalue weighted by Crippen LogP contribution is -2.58. The highest BCUT2D eigenvalue weighted by molar-refractivity contribution is 6.00. The topological polar surface area (TPSA) is 284 Å². The second-order valence-electron chi connectivity index (χ2n) is 14.2. The molecule has 5 atom stereocenters. The highest BCUT2D eigenvalue weighted by atomic mass is 16.4. The molecule has 18 nitrogen and oxygen atoms in total. The van der Waals surface area contributed by atoms with Crippen LogP contribution in [0.3, 0.4) is 0 Å². The molecular weight excluding hydrogens is 716 g/mol. The molecule has 0 saturated carbocycles. The molecule has 18 heteroatoms. The lowest BCUT2D eigenvalue weighted by atomic mass is 9.98. The molecule has 0 fully saturated rings. The molecule has 5 unspecified atom stereocenters. The maximum atomic E-state index is 13.4. The number of primary amides is 1. The van der Waals surface area contributed by atoms with Gasteiger partial charge in [-0.2, -0.15) is 0 Å². The predicted octanol–water partition coefficient (Wildman–Crippen LogP) is -1.22. The summed E-state index contributed by atoms with van der Waals surface area (Å²) in [5.41, 5.74) is 6.13. The quantitative estimate of drug-likeness (QED) is 0.0598. The number of aliphatic carboxylic acids is 1. The van der Waals surface area contributed by atoms with Crippen molar-refractivity contribution in [2.75, 3.05) is 13.1 Å². The minimum atomic E-state index is -1.25. The zero-order chi connectivity index (χ0) is 41.8. The Balaban J connectivity index is 2.68. The van der Waals surface area contributed by atoms with Gasteiger partial charge in [-0.1, -0.05) is 71.9 Å². The number of nitrogens with one attached hydrogen (secondary N) is 7. The van der Waals surface area contributed by atoms with E-state index in [4.69, 9.17) is 5.73 Å². The van der Waals surface area contributed by atoms with Crippen molar-refractivity contribution in [3.05, 3.63) is 48.0 Å². The van der Waals surface area contributed by atoms with E-state index in [1.165, 1.54) is 6.92 Å². The first-order valence-corrected chi connectivity index (χ1v) is 18.0. The third kappa shape index (κ3) is 19.2. The van der Waals surface area contributed by atoms with E-state index >= 15 is 0 Å². The molecule has 0 aliphatic rings. The van der Waals surface area contributed by atoms with Crippen LogP contribution < -0.4 is 43.0 Å². The molecule has 0 aliphatic heterocycles. The van der Waals surface area contributed by atoms with Crippen molar-refractivity contribution in [3.63, 3.8) is 0 Å². The number of carbonyl (C=O) groups excluding carboxylic acids is 8. The first kappa shape index (κ1) is 47.2. The lowest BCUT2D eigenvalue weighted by molar-refractivity contribution is -0.141. The Bertz CT molecular complexity index is 1550. The van der Waals surface area contributed by atoms with Crippen molar-refractivity contribution in [1.82, 2.24) is 37.2 Å². The number of amides is 8. The van der Waals surface area contributed by atoms with E-state index < -0.39 is 96.5 Å². The SMILES string of the molecule is CC(C)CC(NC(=O)C(C)NC(=O)C=CC(=O)NCC(=O)NCC(=O)NC(Cc1ccccc1)C(=O)O)C(=O)NC(CC(C)C)C(=O)NC(C(N)=O)C(C)C. The second kappa shape index (κ2) is 23.8. The average molecular weight is 773 g/mol. The maximum Gasteiger partial charge on any atom is 0.326 e. The van der Waals surface area contributed by atoms with Crippen molar-refractivity contribution in [2.45, 2.75) is 97.9 Å². The van der Waals surface area contributed by atoms with Gasteiger partial charge < -0.3 is 48.1 Å². The molecule has 1 aromatic carbocycles. The van der Waals surface area contributed by atoms with Crippen LogP contribution in [0.2, 0.25) is 0 Å². The Kier molecular flexibility index (Phi) is 20.4. The van der Waals surface area contributed by atoms with E-state index in [0.29, 0.717) is 5.56 Å². The monoisotopic (exact) mass is 772 g/mol. The van der Waals surface area contributed by atoms with Gasteiger partial charge in [-0.3, -0.25) is 38.4 Å². The van der Waals surface area contributed by atoms with Crippen LogP contribution in [0, 0.1) is 17.8 Å². The molecule has 55 heavy (non-hydrogen) atoms. The average Bonchev–Trinajstić information content (AvgIpc) is 3.09. The predicted molar refractivity (Wildman–Crippen MR) is 201 cm³/mol. The largest absolute Gasteiger partial charge is 0.480 e. The molecule has 10 N–H and O–H groups in total.